The summed E-state index contributed by atoms with van der Waals surface area (Å²) in [5.41, 5.74) is 2.37. The molecule has 3 heteroatoms. The van der Waals surface area contributed by atoms with Gasteiger partial charge in [-0.2, -0.15) is 11.8 Å². The lowest BCUT2D eigenvalue weighted by molar-refractivity contribution is 1.11. The Bertz CT molecular complexity index is 235. The Morgan fingerprint density at radius 2 is 2.31 bits per heavy atom. The van der Waals surface area contributed by atoms with Crippen molar-refractivity contribution in [2.75, 3.05) is 11.6 Å². The number of aryl methyl sites for hydroxylation is 1. The Labute approximate surface area is 88.9 Å². The first-order valence-corrected chi connectivity index (χ1v) is 6.07. The second-order valence-corrected chi connectivity index (χ2v) is 4.39. The first-order chi connectivity index (χ1) is 6.33. The summed E-state index contributed by atoms with van der Waals surface area (Å²) in [5, 5.41) is 0. The molecule has 0 bridgehead atoms. The van der Waals surface area contributed by atoms with Crippen LogP contribution in [0.4, 0.5) is 0 Å². The predicted octanol–water partition coefficient (Wildman–Crippen LogP) is 3.25. The highest BCUT2D eigenvalue weighted by Gasteiger charge is 1.93. The van der Waals surface area contributed by atoms with E-state index >= 15 is 0 Å². The molecule has 1 aromatic heterocycles. The number of halogens is 1. The van der Waals surface area contributed by atoms with Gasteiger partial charge in [-0.3, -0.25) is 4.98 Å². The molecule has 13 heavy (non-hydrogen) atoms. The van der Waals surface area contributed by atoms with E-state index in [1.54, 1.807) is 0 Å². The summed E-state index contributed by atoms with van der Waals surface area (Å²) in [6.07, 6.45) is 3.04. The van der Waals surface area contributed by atoms with E-state index in [9.17, 15) is 0 Å². The van der Waals surface area contributed by atoms with Gasteiger partial charge in [0.05, 0.1) is 0 Å². The van der Waals surface area contributed by atoms with E-state index in [4.69, 9.17) is 11.6 Å². The van der Waals surface area contributed by atoms with Crippen molar-refractivity contribution < 1.29 is 0 Å². The van der Waals surface area contributed by atoms with Gasteiger partial charge in [0, 0.05) is 23.5 Å². The van der Waals surface area contributed by atoms with Crippen molar-refractivity contribution in [3.05, 3.63) is 29.6 Å². The summed E-state index contributed by atoms with van der Waals surface area (Å²) in [6, 6.07) is 4.19. The van der Waals surface area contributed by atoms with Gasteiger partial charge in [-0.05, 0) is 30.7 Å². The third kappa shape index (κ3) is 4.53. The zero-order valence-corrected chi connectivity index (χ0v) is 9.37. The average molecular weight is 216 g/mol. The lowest BCUT2D eigenvalue weighted by atomic mass is 10.3. The molecule has 0 amide bonds. The summed E-state index contributed by atoms with van der Waals surface area (Å²) in [5.74, 6) is 2.95. The van der Waals surface area contributed by atoms with Gasteiger partial charge < -0.3 is 0 Å². The van der Waals surface area contributed by atoms with Crippen LogP contribution in [0.3, 0.4) is 0 Å². The second-order valence-electron chi connectivity index (χ2n) is 2.90. The van der Waals surface area contributed by atoms with E-state index in [1.807, 2.05) is 24.9 Å². The van der Waals surface area contributed by atoms with Crippen molar-refractivity contribution in [1.29, 1.82) is 0 Å². The molecule has 0 atom stereocenters. The summed E-state index contributed by atoms with van der Waals surface area (Å²) in [7, 11) is 0. The van der Waals surface area contributed by atoms with Crippen molar-refractivity contribution in [3.63, 3.8) is 0 Å². The fraction of sp³-hybridized carbons (Fsp3) is 0.500. The minimum absolute atomic E-state index is 0.763. The summed E-state index contributed by atoms with van der Waals surface area (Å²) < 4.78 is 0. The molecule has 0 N–H and O–H groups in total. The zero-order valence-electron chi connectivity index (χ0n) is 7.79. The van der Waals surface area contributed by atoms with Crippen LogP contribution in [0.15, 0.2) is 18.3 Å². The monoisotopic (exact) mass is 215 g/mol. The molecule has 1 heterocycles. The number of pyridine rings is 1. The van der Waals surface area contributed by atoms with Gasteiger partial charge in [-0.1, -0.05) is 6.07 Å². The maximum absolute atomic E-state index is 5.58. The van der Waals surface area contributed by atoms with E-state index in [0.717, 1.165) is 29.5 Å². The molecule has 0 unspecified atom stereocenters. The van der Waals surface area contributed by atoms with E-state index in [2.05, 4.69) is 17.1 Å². The fourth-order valence-electron chi connectivity index (χ4n) is 0.930. The topological polar surface area (TPSA) is 12.9 Å². The molecular weight excluding hydrogens is 202 g/mol. The molecule has 0 aliphatic rings. The summed E-state index contributed by atoms with van der Waals surface area (Å²) in [4.78, 5) is 4.24. The number of rotatable bonds is 5. The number of thioether (sulfide) groups is 1. The molecule has 0 fully saturated rings. The number of nitrogens with zero attached hydrogens (tertiary/aromatic N) is 1. The molecule has 1 aromatic rings. The van der Waals surface area contributed by atoms with Crippen LogP contribution in [-0.2, 0) is 5.75 Å². The van der Waals surface area contributed by atoms with Crippen molar-refractivity contribution >= 4 is 23.4 Å². The van der Waals surface area contributed by atoms with E-state index in [-0.39, 0.29) is 0 Å². The molecule has 0 aromatic carbocycles. The van der Waals surface area contributed by atoms with Gasteiger partial charge >= 0.3 is 0 Å². The number of alkyl halides is 1. The SMILES string of the molecule is Cc1ccc(CSCCCCl)cn1. The van der Waals surface area contributed by atoms with Crippen LogP contribution in [-0.4, -0.2) is 16.6 Å². The first-order valence-electron chi connectivity index (χ1n) is 4.38. The van der Waals surface area contributed by atoms with Crippen molar-refractivity contribution in [2.24, 2.45) is 0 Å². The second kappa shape index (κ2) is 6.28. The van der Waals surface area contributed by atoms with Gasteiger partial charge in [-0.25, -0.2) is 0 Å². The van der Waals surface area contributed by atoms with Crippen LogP contribution >= 0.6 is 23.4 Å². The molecule has 0 aliphatic carbocycles. The Balaban J connectivity index is 2.25. The van der Waals surface area contributed by atoms with E-state index in [0.29, 0.717) is 0 Å². The van der Waals surface area contributed by atoms with Crippen molar-refractivity contribution in [1.82, 2.24) is 4.98 Å². The van der Waals surface area contributed by atoms with Crippen LogP contribution in [0.25, 0.3) is 0 Å². The van der Waals surface area contributed by atoms with Crippen LogP contribution < -0.4 is 0 Å². The highest BCUT2D eigenvalue weighted by Crippen LogP contribution is 2.12. The van der Waals surface area contributed by atoms with Crippen LogP contribution in [0.5, 0.6) is 0 Å². The molecule has 0 spiro atoms. The Kier molecular flexibility index (Phi) is 5.25. The summed E-state index contributed by atoms with van der Waals surface area (Å²) >= 11 is 7.49. The maximum Gasteiger partial charge on any atom is 0.0372 e. The Morgan fingerprint density at radius 3 is 2.92 bits per heavy atom. The molecule has 0 saturated carbocycles. The molecule has 1 rings (SSSR count). The van der Waals surface area contributed by atoms with Gasteiger partial charge in [0.15, 0.2) is 0 Å². The average Bonchev–Trinajstić information content (AvgIpc) is 2.15. The van der Waals surface area contributed by atoms with Crippen molar-refractivity contribution in [3.8, 4) is 0 Å². The molecule has 0 aliphatic heterocycles. The highest BCUT2D eigenvalue weighted by molar-refractivity contribution is 7.98. The largest absolute Gasteiger partial charge is 0.261 e. The van der Waals surface area contributed by atoms with E-state index < -0.39 is 0 Å². The Morgan fingerprint density at radius 1 is 1.46 bits per heavy atom. The van der Waals surface area contributed by atoms with Crippen LogP contribution in [0, 0.1) is 6.92 Å². The van der Waals surface area contributed by atoms with Crippen LogP contribution in [0.2, 0.25) is 0 Å². The maximum atomic E-state index is 5.58. The van der Waals surface area contributed by atoms with E-state index in [1.165, 1.54) is 5.56 Å². The summed E-state index contributed by atoms with van der Waals surface area (Å²) in [6.45, 7) is 2.00. The van der Waals surface area contributed by atoms with Gasteiger partial charge in [0.2, 0.25) is 0 Å². The molecular formula is C10H14ClNS. The quantitative estimate of drug-likeness (QED) is 0.553. The molecule has 0 radical (unpaired) electrons. The Hall–Kier alpha value is -0.210. The fourth-order valence-corrected chi connectivity index (χ4v) is 2.12. The minimum Gasteiger partial charge on any atom is -0.261 e. The first kappa shape index (κ1) is 10.9. The normalized spacial score (nSPS) is 10.3. The highest BCUT2D eigenvalue weighted by atomic mass is 35.5. The van der Waals surface area contributed by atoms with Gasteiger partial charge in [0.25, 0.3) is 0 Å². The third-order valence-electron chi connectivity index (χ3n) is 1.66. The number of hydrogen-bond donors (Lipinski definition) is 0. The third-order valence-corrected chi connectivity index (χ3v) is 3.05. The standard InChI is InChI=1S/C10H14ClNS/c1-9-3-4-10(7-12-9)8-13-6-2-5-11/h3-4,7H,2,5-6,8H2,1H3. The molecule has 1 nitrogen and oxygen atoms in total. The minimum atomic E-state index is 0.763. The van der Waals surface area contributed by atoms with Crippen LogP contribution in [0.1, 0.15) is 17.7 Å². The zero-order chi connectivity index (χ0) is 9.52. The lowest BCUT2D eigenvalue weighted by Crippen LogP contribution is -1.87. The number of aromatic nitrogens is 1. The predicted molar refractivity (Wildman–Crippen MR) is 60.5 cm³/mol. The molecule has 72 valence electrons. The lowest BCUT2D eigenvalue weighted by Gasteiger charge is -2.00. The van der Waals surface area contributed by atoms with Gasteiger partial charge in [-0.15, -0.1) is 11.6 Å². The van der Waals surface area contributed by atoms with Gasteiger partial charge in [0.1, 0.15) is 0 Å². The number of hydrogen-bond acceptors (Lipinski definition) is 2. The molecule has 0 saturated heterocycles. The van der Waals surface area contributed by atoms with Crippen molar-refractivity contribution in [2.45, 2.75) is 19.1 Å². The smallest absolute Gasteiger partial charge is 0.0372 e.